The molecule has 4 rings (SSSR count). The minimum Gasteiger partial charge on any atom is -0.372 e. The lowest BCUT2D eigenvalue weighted by Crippen LogP contribution is -2.46. The molecule has 2 aliphatic heterocycles. The minimum absolute atomic E-state index is 0.0327. The maximum Gasteiger partial charge on any atom is 0.252 e. The molecule has 128 valence electrons. The van der Waals surface area contributed by atoms with Crippen LogP contribution in [0.3, 0.4) is 0 Å². The largest absolute Gasteiger partial charge is 0.372 e. The van der Waals surface area contributed by atoms with Crippen LogP contribution in [0.15, 0.2) is 72.8 Å². The Balaban J connectivity index is 1.53. The summed E-state index contributed by atoms with van der Waals surface area (Å²) >= 11 is 0. The molecule has 2 saturated heterocycles. The van der Waals surface area contributed by atoms with Gasteiger partial charge in [0.25, 0.3) is 5.91 Å². The Labute approximate surface area is 147 Å². The van der Waals surface area contributed by atoms with E-state index in [1.165, 1.54) is 0 Å². The molecule has 0 saturated carbocycles. The summed E-state index contributed by atoms with van der Waals surface area (Å²) < 4.78 is 12.1. The molecular weight excluding hydrogens is 314 g/mol. The van der Waals surface area contributed by atoms with Crippen LogP contribution in [-0.4, -0.2) is 29.7 Å². The Kier molecular flexibility index (Phi) is 4.15. The van der Waals surface area contributed by atoms with Crippen molar-refractivity contribution in [3.05, 3.63) is 83.9 Å². The van der Waals surface area contributed by atoms with E-state index in [2.05, 4.69) is 6.58 Å². The third kappa shape index (κ3) is 2.88. The second-order valence-electron chi connectivity index (χ2n) is 6.62. The molecular formula is C21H21NO3. The number of fused-ring (bicyclic) bond motifs is 1. The van der Waals surface area contributed by atoms with Crippen molar-refractivity contribution in [2.24, 2.45) is 0 Å². The highest BCUT2D eigenvalue weighted by Gasteiger charge is 2.56. The maximum absolute atomic E-state index is 12.7. The molecule has 0 aliphatic carbocycles. The van der Waals surface area contributed by atoms with Gasteiger partial charge in [-0.25, -0.2) is 0 Å². The van der Waals surface area contributed by atoms with Crippen molar-refractivity contribution in [3.8, 4) is 0 Å². The zero-order valence-corrected chi connectivity index (χ0v) is 14.1. The molecule has 2 heterocycles. The van der Waals surface area contributed by atoms with Crippen LogP contribution in [0.2, 0.25) is 0 Å². The number of carbonyl (C=O) groups is 1. The van der Waals surface area contributed by atoms with Gasteiger partial charge in [-0.15, -0.1) is 0 Å². The Morgan fingerprint density at radius 2 is 1.80 bits per heavy atom. The van der Waals surface area contributed by atoms with Crippen LogP contribution in [0.1, 0.15) is 23.6 Å². The summed E-state index contributed by atoms with van der Waals surface area (Å²) in [7, 11) is 0. The number of benzene rings is 2. The van der Waals surface area contributed by atoms with Crippen LogP contribution in [0, 0.1) is 0 Å². The number of ether oxygens (including phenoxy) is 2. The van der Waals surface area contributed by atoms with Crippen molar-refractivity contribution in [2.75, 3.05) is 13.2 Å². The van der Waals surface area contributed by atoms with Crippen LogP contribution in [0.25, 0.3) is 0 Å². The first-order valence-corrected chi connectivity index (χ1v) is 8.52. The predicted octanol–water partition coefficient (Wildman–Crippen LogP) is 3.46. The van der Waals surface area contributed by atoms with Gasteiger partial charge in [0.15, 0.2) is 5.72 Å². The van der Waals surface area contributed by atoms with Crippen molar-refractivity contribution >= 4 is 5.91 Å². The standard InChI is InChI=1S/C21H21NO3/c1-16-12-21(15-24-13-17-8-4-2-5-9-17)22(20(16)23)19(14-25-21)18-10-6-3-7-11-18/h2-11,19H,1,12-15H2. The third-order valence-corrected chi connectivity index (χ3v) is 4.89. The fraction of sp³-hybridized carbons (Fsp3) is 0.286. The maximum atomic E-state index is 12.7. The lowest BCUT2D eigenvalue weighted by molar-refractivity contribution is -0.149. The molecule has 4 nitrogen and oxygen atoms in total. The average molecular weight is 335 g/mol. The van der Waals surface area contributed by atoms with Crippen molar-refractivity contribution in [1.82, 2.24) is 4.90 Å². The van der Waals surface area contributed by atoms with E-state index in [1.807, 2.05) is 65.6 Å². The minimum atomic E-state index is -0.733. The number of nitrogens with zero attached hydrogens (tertiary/aromatic N) is 1. The van der Waals surface area contributed by atoms with Gasteiger partial charge in [0.05, 0.1) is 25.9 Å². The van der Waals surface area contributed by atoms with Gasteiger partial charge in [-0.2, -0.15) is 0 Å². The van der Waals surface area contributed by atoms with E-state index in [-0.39, 0.29) is 11.9 Å². The molecule has 2 fully saturated rings. The Hall–Kier alpha value is -2.43. The van der Waals surface area contributed by atoms with Gasteiger partial charge >= 0.3 is 0 Å². The van der Waals surface area contributed by atoms with Gasteiger partial charge in [0.2, 0.25) is 0 Å². The highest BCUT2D eigenvalue weighted by atomic mass is 16.6. The summed E-state index contributed by atoms with van der Waals surface area (Å²) in [6.45, 7) is 5.25. The van der Waals surface area contributed by atoms with Crippen LogP contribution in [-0.2, 0) is 20.9 Å². The van der Waals surface area contributed by atoms with Crippen molar-refractivity contribution < 1.29 is 14.3 Å². The molecule has 1 amide bonds. The fourth-order valence-corrected chi connectivity index (χ4v) is 3.69. The smallest absolute Gasteiger partial charge is 0.252 e. The van der Waals surface area contributed by atoms with Crippen LogP contribution >= 0.6 is 0 Å². The number of hydrogen-bond acceptors (Lipinski definition) is 3. The molecule has 2 unspecified atom stereocenters. The molecule has 25 heavy (non-hydrogen) atoms. The number of amides is 1. The molecule has 0 N–H and O–H groups in total. The molecule has 2 aliphatic rings. The molecule has 2 aromatic carbocycles. The quantitative estimate of drug-likeness (QED) is 0.786. The van der Waals surface area contributed by atoms with E-state index in [0.717, 1.165) is 11.1 Å². The van der Waals surface area contributed by atoms with Gasteiger partial charge in [-0.1, -0.05) is 67.2 Å². The SMILES string of the molecule is C=C1CC2(COCc3ccccc3)OCC(c3ccccc3)N2C1=O. The van der Waals surface area contributed by atoms with Crippen LogP contribution in [0.5, 0.6) is 0 Å². The molecule has 0 radical (unpaired) electrons. The summed E-state index contributed by atoms with van der Waals surface area (Å²) in [5.41, 5.74) is 2.04. The van der Waals surface area contributed by atoms with Gasteiger partial charge < -0.3 is 9.47 Å². The Morgan fingerprint density at radius 3 is 2.52 bits per heavy atom. The van der Waals surface area contributed by atoms with E-state index >= 15 is 0 Å². The summed E-state index contributed by atoms with van der Waals surface area (Å²) in [5, 5.41) is 0. The van der Waals surface area contributed by atoms with E-state index in [0.29, 0.717) is 31.8 Å². The summed E-state index contributed by atoms with van der Waals surface area (Å²) in [5.74, 6) is -0.0327. The first-order chi connectivity index (χ1) is 12.2. The van der Waals surface area contributed by atoms with Crippen molar-refractivity contribution in [3.63, 3.8) is 0 Å². The predicted molar refractivity (Wildman–Crippen MR) is 94.6 cm³/mol. The van der Waals surface area contributed by atoms with Gasteiger partial charge in [0, 0.05) is 12.0 Å². The zero-order chi connectivity index (χ0) is 17.3. The number of rotatable bonds is 5. The van der Waals surface area contributed by atoms with Gasteiger partial charge in [0.1, 0.15) is 0 Å². The van der Waals surface area contributed by atoms with Gasteiger partial charge in [-0.3, -0.25) is 9.69 Å². The Morgan fingerprint density at radius 1 is 1.12 bits per heavy atom. The van der Waals surface area contributed by atoms with E-state index < -0.39 is 5.72 Å². The second kappa shape index (κ2) is 6.47. The normalized spacial score (nSPS) is 25.4. The van der Waals surface area contributed by atoms with Crippen molar-refractivity contribution in [2.45, 2.75) is 24.8 Å². The summed E-state index contributed by atoms with van der Waals surface area (Å²) in [6.07, 6.45) is 0.490. The zero-order valence-electron chi connectivity index (χ0n) is 14.1. The van der Waals surface area contributed by atoms with E-state index in [1.54, 1.807) is 0 Å². The highest BCUT2D eigenvalue weighted by Crippen LogP contribution is 2.46. The highest BCUT2D eigenvalue weighted by molar-refractivity contribution is 5.96. The third-order valence-electron chi connectivity index (χ3n) is 4.89. The first kappa shape index (κ1) is 16.1. The molecule has 2 aromatic rings. The molecule has 0 bridgehead atoms. The lowest BCUT2D eigenvalue weighted by atomic mass is 10.1. The first-order valence-electron chi connectivity index (χ1n) is 8.52. The molecule has 2 atom stereocenters. The molecule has 4 heteroatoms. The summed E-state index contributed by atoms with van der Waals surface area (Å²) in [4.78, 5) is 14.5. The number of carbonyl (C=O) groups excluding carboxylic acids is 1. The molecule has 0 spiro atoms. The second-order valence-corrected chi connectivity index (χ2v) is 6.62. The van der Waals surface area contributed by atoms with E-state index in [4.69, 9.17) is 9.47 Å². The van der Waals surface area contributed by atoms with E-state index in [9.17, 15) is 4.79 Å². The average Bonchev–Trinajstić information content (AvgIpc) is 3.12. The van der Waals surface area contributed by atoms with Gasteiger partial charge in [-0.05, 0) is 11.1 Å². The monoisotopic (exact) mass is 335 g/mol. The van der Waals surface area contributed by atoms with Crippen molar-refractivity contribution in [1.29, 1.82) is 0 Å². The van der Waals surface area contributed by atoms with Crippen LogP contribution in [0.4, 0.5) is 0 Å². The number of hydrogen-bond donors (Lipinski definition) is 0. The van der Waals surface area contributed by atoms with Crippen LogP contribution < -0.4 is 0 Å². The molecule has 0 aromatic heterocycles. The Bertz CT molecular complexity index is 774. The summed E-state index contributed by atoms with van der Waals surface area (Å²) in [6, 6.07) is 19.9. The fourth-order valence-electron chi connectivity index (χ4n) is 3.69. The lowest BCUT2D eigenvalue weighted by Gasteiger charge is -2.32. The topological polar surface area (TPSA) is 38.8 Å².